The summed E-state index contributed by atoms with van der Waals surface area (Å²) in [6, 6.07) is 0. The first kappa shape index (κ1) is 16.6. The first-order valence-corrected chi connectivity index (χ1v) is 6.75. The molecule has 1 saturated carbocycles. The lowest BCUT2D eigenvalue weighted by Gasteiger charge is -2.31. The molecule has 1 aliphatic rings. The van der Waals surface area contributed by atoms with E-state index in [2.05, 4.69) is 6.58 Å². The third-order valence-electron chi connectivity index (χ3n) is 3.05. The van der Waals surface area contributed by atoms with E-state index in [4.69, 9.17) is 9.47 Å². The molecule has 1 fully saturated rings. The molecule has 0 aliphatic heterocycles. The van der Waals surface area contributed by atoms with Crippen LogP contribution in [0.15, 0.2) is 12.2 Å². The topological polar surface area (TPSA) is 38.7 Å². The molecule has 1 rings (SSSR count). The van der Waals surface area contributed by atoms with Gasteiger partial charge in [-0.25, -0.2) is 4.39 Å². The lowest BCUT2D eigenvalue weighted by Crippen LogP contribution is -2.38. The second-order valence-corrected chi connectivity index (χ2v) is 7.19. The van der Waals surface area contributed by atoms with Crippen LogP contribution in [-0.2, 0) is 9.47 Å². The summed E-state index contributed by atoms with van der Waals surface area (Å²) in [7, 11) is 0. The molecular weight excluding hydrogens is 247 g/mol. The first-order valence-electron chi connectivity index (χ1n) is 6.75. The van der Waals surface area contributed by atoms with Gasteiger partial charge in [-0.05, 0) is 47.1 Å². The number of hydrogen-bond acceptors (Lipinski definition) is 3. The molecule has 3 unspecified atom stereocenters. The SMILES string of the molecule is C=C1C(COC(C)(C)C)C(OC(C)(C)C)C(F)[C@H]1O. The summed E-state index contributed by atoms with van der Waals surface area (Å²) >= 11 is 0. The molecule has 0 aromatic heterocycles. The van der Waals surface area contributed by atoms with Gasteiger partial charge in [0.1, 0.15) is 12.2 Å². The quantitative estimate of drug-likeness (QED) is 0.804. The Morgan fingerprint density at radius 1 is 1.16 bits per heavy atom. The lowest BCUT2D eigenvalue weighted by atomic mass is 10.0. The van der Waals surface area contributed by atoms with Gasteiger partial charge in [-0.15, -0.1) is 0 Å². The largest absolute Gasteiger partial charge is 0.386 e. The Hall–Kier alpha value is -0.450. The molecule has 0 bridgehead atoms. The predicted molar refractivity (Wildman–Crippen MR) is 73.9 cm³/mol. The average molecular weight is 274 g/mol. The third kappa shape index (κ3) is 4.55. The lowest BCUT2D eigenvalue weighted by molar-refractivity contribution is -0.122. The Balaban J connectivity index is 2.81. The Morgan fingerprint density at radius 3 is 2.11 bits per heavy atom. The van der Waals surface area contributed by atoms with Crippen LogP contribution in [0.5, 0.6) is 0 Å². The maximum absolute atomic E-state index is 14.1. The fourth-order valence-electron chi connectivity index (χ4n) is 2.13. The molecule has 0 spiro atoms. The van der Waals surface area contributed by atoms with Gasteiger partial charge < -0.3 is 14.6 Å². The normalized spacial score (nSPS) is 32.9. The summed E-state index contributed by atoms with van der Waals surface area (Å²) in [4.78, 5) is 0. The van der Waals surface area contributed by atoms with Crippen molar-refractivity contribution >= 4 is 0 Å². The summed E-state index contributed by atoms with van der Waals surface area (Å²) in [5.41, 5.74) is -0.323. The van der Waals surface area contributed by atoms with Crippen LogP contribution in [-0.4, -0.2) is 41.3 Å². The number of halogens is 1. The van der Waals surface area contributed by atoms with Gasteiger partial charge in [0.05, 0.1) is 17.8 Å². The van der Waals surface area contributed by atoms with E-state index in [1.54, 1.807) is 0 Å². The van der Waals surface area contributed by atoms with Crippen molar-refractivity contribution in [3.63, 3.8) is 0 Å². The van der Waals surface area contributed by atoms with Crippen molar-refractivity contribution in [2.24, 2.45) is 5.92 Å². The van der Waals surface area contributed by atoms with E-state index in [9.17, 15) is 9.50 Å². The second kappa shape index (κ2) is 5.51. The Bertz CT molecular complexity index is 327. The Kier molecular flexibility index (Phi) is 4.81. The Labute approximate surface area is 115 Å². The van der Waals surface area contributed by atoms with E-state index >= 15 is 0 Å². The van der Waals surface area contributed by atoms with Gasteiger partial charge >= 0.3 is 0 Å². The van der Waals surface area contributed by atoms with Crippen LogP contribution >= 0.6 is 0 Å². The maximum Gasteiger partial charge on any atom is 0.156 e. The molecular formula is C15H27FO3. The number of alkyl halides is 1. The van der Waals surface area contributed by atoms with Crippen molar-refractivity contribution in [2.75, 3.05) is 6.61 Å². The zero-order valence-electron chi connectivity index (χ0n) is 12.9. The van der Waals surface area contributed by atoms with Crippen molar-refractivity contribution in [3.8, 4) is 0 Å². The summed E-state index contributed by atoms with van der Waals surface area (Å²) in [6.45, 7) is 15.5. The van der Waals surface area contributed by atoms with Crippen LogP contribution in [0.1, 0.15) is 41.5 Å². The molecule has 19 heavy (non-hydrogen) atoms. The summed E-state index contributed by atoms with van der Waals surface area (Å²) in [5, 5.41) is 9.82. The van der Waals surface area contributed by atoms with Gasteiger partial charge in [0.25, 0.3) is 0 Å². The molecule has 0 aromatic rings. The highest BCUT2D eigenvalue weighted by molar-refractivity contribution is 5.21. The smallest absolute Gasteiger partial charge is 0.156 e. The maximum atomic E-state index is 14.1. The fraction of sp³-hybridized carbons (Fsp3) is 0.867. The number of ether oxygens (including phenoxy) is 2. The first-order chi connectivity index (χ1) is 8.42. The summed E-state index contributed by atoms with van der Waals surface area (Å²) < 4.78 is 25.6. The van der Waals surface area contributed by atoms with E-state index in [1.165, 1.54) is 0 Å². The van der Waals surface area contributed by atoms with Crippen molar-refractivity contribution in [3.05, 3.63) is 12.2 Å². The van der Waals surface area contributed by atoms with Crippen molar-refractivity contribution in [2.45, 2.75) is 71.1 Å². The minimum atomic E-state index is -1.44. The van der Waals surface area contributed by atoms with Crippen LogP contribution in [0.25, 0.3) is 0 Å². The van der Waals surface area contributed by atoms with Crippen LogP contribution in [0.3, 0.4) is 0 Å². The molecule has 112 valence electrons. The second-order valence-electron chi connectivity index (χ2n) is 7.19. The van der Waals surface area contributed by atoms with Crippen molar-refractivity contribution in [1.29, 1.82) is 0 Å². The van der Waals surface area contributed by atoms with Crippen LogP contribution in [0.4, 0.5) is 4.39 Å². The van der Waals surface area contributed by atoms with Gasteiger partial charge in [-0.1, -0.05) is 6.58 Å². The summed E-state index contributed by atoms with van der Waals surface area (Å²) in [6.07, 6.45) is -3.31. The molecule has 0 aromatic carbocycles. The van der Waals surface area contributed by atoms with E-state index in [1.807, 2.05) is 41.5 Å². The van der Waals surface area contributed by atoms with Crippen LogP contribution in [0.2, 0.25) is 0 Å². The van der Waals surface area contributed by atoms with Crippen molar-refractivity contribution in [1.82, 2.24) is 0 Å². The minimum absolute atomic E-state index is 0.306. The minimum Gasteiger partial charge on any atom is -0.386 e. The average Bonchev–Trinajstić information content (AvgIpc) is 2.38. The van der Waals surface area contributed by atoms with Gasteiger partial charge in [0.15, 0.2) is 6.17 Å². The van der Waals surface area contributed by atoms with Crippen LogP contribution < -0.4 is 0 Å². The zero-order valence-corrected chi connectivity index (χ0v) is 12.9. The molecule has 0 radical (unpaired) electrons. The van der Waals surface area contributed by atoms with Gasteiger partial charge in [0.2, 0.25) is 0 Å². The van der Waals surface area contributed by atoms with E-state index in [0.717, 1.165) is 0 Å². The number of aliphatic hydroxyl groups excluding tert-OH is 1. The van der Waals surface area contributed by atoms with E-state index < -0.39 is 24.0 Å². The predicted octanol–water partition coefficient (Wildman–Crippen LogP) is 2.87. The molecule has 1 aliphatic carbocycles. The highest BCUT2D eigenvalue weighted by Gasteiger charge is 2.48. The molecule has 0 heterocycles. The molecule has 4 atom stereocenters. The van der Waals surface area contributed by atoms with Crippen molar-refractivity contribution < 1.29 is 19.0 Å². The monoisotopic (exact) mass is 274 g/mol. The Morgan fingerprint density at radius 2 is 1.68 bits per heavy atom. The molecule has 0 amide bonds. The van der Waals surface area contributed by atoms with Crippen LogP contribution in [0, 0.1) is 5.92 Å². The number of rotatable bonds is 3. The molecule has 3 nitrogen and oxygen atoms in total. The zero-order chi connectivity index (χ0) is 15.0. The van der Waals surface area contributed by atoms with E-state index in [0.29, 0.717) is 12.2 Å². The van der Waals surface area contributed by atoms with Gasteiger partial charge in [-0.3, -0.25) is 0 Å². The third-order valence-corrected chi connectivity index (χ3v) is 3.05. The molecule has 4 heteroatoms. The number of aliphatic hydroxyl groups is 1. The standard InChI is InChI=1S/C15H27FO3/c1-9-10(8-18-14(2,3)4)13(11(16)12(9)17)19-15(5,6)7/h10-13,17H,1,8H2,2-7H3/t10?,11?,12-,13?/m0/s1. The highest BCUT2D eigenvalue weighted by atomic mass is 19.1. The highest BCUT2D eigenvalue weighted by Crippen LogP contribution is 2.38. The number of hydrogen-bond donors (Lipinski definition) is 1. The fourth-order valence-corrected chi connectivity index (χ4v) is 2.13. The van der Waals surface area contributed by atoms with E-state index in [-0.39, 0.29) is 11.5 Å². The van der Waals surface area contributed by atoms with Gasteiger partial charge in [0, 0.05) is 5.92 Å². The molecule has 1 N–H and O–H groups in total. The van der Waals surface area contributed by atoms with Gasteiger partial charge in [-0.2, -0.15) is 0 Å². The summed E-state index contributed by atoms with van der Waals surface area (Å²) in [5.74, 6) is -0.316. The molecule has 0 saturated heterocycles.